The summed E-state index contributed by atoms with van der Waals surface area (Å²) in [6.45, 7) is 11.1. The normalized spacial score (nSPS) is 26.7. The molecule has 1 N–H and O–H groups in total. The molecule has 4 heteroatoms. The lowest BCUT2D eigenvalue weighted by atomic mass is 9.79. The minimum Gasteiger partial charge on any atom is -0.481 e. The second kappa shape index (κ2) is 5.98. The molecule has 0 aromatic rings. The highest BCUT2D eigenvalue weighted by atomic mass is 16.6. The Morgan fingerprint density at radius 1 is 1.50 bits per heavy atom. The lowest BCUT2D eigenvalue weighted by Crippen LogP contribution is -2.32. The van der Waals surface area contributed by atoms with Crippen LogP contribution in [0.4, 0.5) is 0 Å². The van der Waals surface area contributed by atoms with Crippen molar-refractivity contribution in [1.29, 1.82) is 0 Å². The first-order valence-corrected chi connectivity index (χ1v) is 7.15. The van der Waals surface area contributed by atoms with Crippen molar-refractivity contribution in [1.82, 2.24) is 0 Å². The Morgan fingerprint density at radius 3 is 2.55 bits per heavy atom. The van der Waals surface area contributed by atoms with E-state index in [9.17, 15) is 14.7 Å². The summed E-state index contributed by atoms with van der Waals surface area (Å²) in [5, 5.41) is 9.22. The fourth-order valence-electron chi connectivity index (χ4n) is 2.51. The maximum atomic E-state index is 12.0. The zero-order valence-corrected chi connectivity index (χ0v) is 12.9. The molecule has 20 heavy (non-hydrogen) atoms. The van der Waals surface area contributed by atoms with E-state index in [0.29, 0.717) is 5.92 Å². The van der Waals surface area contributed by atoms with Crippen molar-refractivity contribution in [2.24, 2.45) is 17.3 Å². The number of carboxylic acid groups (broad SMARTS) is 1. The van der Waals surface area contributed by atoms with Crippen molar-refractivity contribution in [3.05, 3.63) is 12.7 Å². The van der Waals surface area contributed by atoms with Crippen LogP contribution in [0.3, 0.4) is 0 Å². The Hall–Kier alpha value is -1.32. The molecule has 0 spiro atoms. The molecule has 114 valence electrons. The fourth-order valence-corrected chi connectivity index (χ4v) is 2.51. The Bertz CT molecular complexity index is 394. The molecular weight excluding hydrogens is 256 g/mol. The topological polar surface area (TPSA) is 63.6 Å². The number of carboxylic acids is 1. The van der Waals surface area contributed by atoms with Crippen LogP contribution in [0, 0.1) is 17.3 Å². The maximum absolute atomic E-state index is 12.0. The summed E-state index contributed by atoms with van der Waals surface area (Å²) < 4.78 is 5.50. The standard InChI is InChI=1S/C16H26O4/c1-6-7-8-11-10-16(11,5)20-13(17)9-12(14(18)19)15(2,3)4/h6,11-12H,1,7-10H2,2-5H3,(H,18,19)/t11-,12+,16-/m0/s1. The summed E-state index contributed by atoms with van der Waals surface area (Å²) in [5.41, 5.74) is -0.863. The second-order valence-corrected chi connectivity index (χ2v) is 7.01. The van der Waals surface area contributed by atoms with Gasteiger partial charge in [0.25, 0.3) is 0 Å². The van der Waals surface area contributed by atoms with Crippen molar-refractivity contribution in [3.63, 3.8) is 0 Å². The van der Waals surface area contributed by atoms with E-state index in [-0.39, 0.29) is 6.42 Å². The summed E-state index contributed by atoms with van der Waals surface area (Å²) in [6.07, 6.45) is 4.54. The van der Waals surface area contributed by atoms with Crippen LogP contribution in [0.5, 0.6) is 0 Å². The monoisotopic (exact) mass is 282 g/mol. The van der Waals surface area contributed by atoms with Gasteiger partial charge in [-0.3, -0.25) is 9.59 Å². The Kier molecular flexibility index (Phi) is 5.00. The maximum Gasteiger partial charge on any atom is 0.307 e. The fraction of sp³-hybridized carbons (Fsp3) is 0.750. The molecule has 1 aliphatic carbocycles. The van der Waals surface area contributed by atoms with Crippen LogP contribution in [0.25, 0.3) is 0 Å². The molecule has 3 atom stereocenters. The smallest absolute Gasteiger partial charge is 0.307 e. The molecule has 0 aliphatic heterocycles. The van der Waals surface area contributed by atoms with Crippen LogP contribution in [-0.4, -0.2) is 22.6 Å². The molecule has 0 amide bonds. The zero-order valence-electron chi connectivity index (χ0n) is 12.9. The quantitative estimate of drug-likeness (QED) is 0.574. The summed E-state index contributed by atoms with van der Waals surface area (Å²) in [6, 6.07) is 0. The average molecular weight is 282 g/mol. The van der Waals surface area contributed by atoms with Crippen LogP contribution in [-0.2, 0) is 14.3 Å². The van der Waals surface area contributed by atoms with E-state index in [1.54, 1.807) is 0 Å². The van der Waals surface area contributed by atoms with Gasteiger partial charge in [-0.2, -0.15) is 0 Å². The third-order valence-corrected chi connectivity index (χ3v) is 4.14. The molecule has 0 unspecified atom stereocenters. The van der Waals surface area contributed by atoms with E-state index in [4.69, 9.17) is 4.74 Å². The molecule has 4 nitrogen and oxygen atoms in total. The summed E-state index contributed by atoms with van der Waals surface area (Å²) in [5.74, 6) is -1.69. The van der Waals surface area contributed by atoms with Gasteiger partial charge < -0.3 is 9.84 Å². The number of allylic oxidation sites excluding steroid dienone is 1. The predicted octanol–water partition coefficient (Wildman–Crippen LogP) is 3.41. The van der Waals surface area contributed by atoms with Gasteiger partial charge in [0, 0.05) is 5.92 Å². The van der Waals surface area contributed by atoms with Crippen LogP contribution < -0.4 is 0 Å². The molecule has 0 bridgehead atoms. The Morgan fingerprint density at radius 2 is 2.10 bits per heavy atom. The van der Waals surface area contributed by atoms with Gasteiger partial charge in [0.15, 0.2) is 0 Å². The van der Waals surface area contributed by atoms with Gasteiger partial charge in [0.05, 0.1) is 12.3 Å². The first-order valence-electron chi connectivity index (χ1n) is 7.15. The summed E-state index contributed by atoms with van der Waals surface area (Å²) in [7, 11) is 0. The predicted molar refractivity (Wildman–Crippen MR) is 77.2 cm³/mol. The van der Waals surface area contributed by atoms with Gasteiger partial charge in [-0.15, -0.1) is 6.58 Å². The third-order valence-electron chi connectivity index (χ3n) is 4.14. The number of rotatable bonds is 7. The molecule has 0 saturated heterocycles. The number of carbonyl (C=O) groups excluding carboxylic acids is 1. The van der Waals surface area contributed by atoms with E-state index >= 15 is 0 Å². The number of carbonyl (C=O) groups is 2. The minimum atomic E-state index is -0.946. The summed E-state index contributed by atoms with van der Waals surface area (Å²) >= 11 is 0. The largest absolute Gasteiger partial charge is 0.481 e. The van der Waals surface area contributed by atoms with Gasteiger partial charge in [-0.25, -0.2) is 0 Å². The van der Waals surface area contributed by atoms with Crippen LogP contribution in [0.2, 0.25) is 0 Å². The van der Waals surface area contributed by atoms with Crippen LogP contribution >= 0.6 is 0 Å². The first kappa shape index (κ1) is 16.7. The highest BCUT2D eigenvalue weighted by molar-refractivity contribution is 5.79. The van der Waals surface area contributed by atoms with E-state index in [2.05, 4.69) is 6.58 Å². The second-order valence-electron chi connectivity index (χ2n) is 7.01. The van der Waals surface area contributed by atoms with Crippen LogP contribution in [0.1, 0.15) is 53.4 Å². The van der Waals surface area contributed by atoms with Gasteiger partial charge in [0.2, 0.25) is 0 Å². The van der Waals surface area contributed by atoms with Crippen LogP contribution in [0.15, 0.2) is 12.7 Å². The number of aliphatic carboxylic acids is 1. The number of hydrogen-bond donors (Lipinski definition) is 1. The average Bonchev–Trinajstić information content (AvgIpc) is 2.91. The zero-order chi connectivity index (χ0) is 15.6. The van der Waals surface area contributed by atoms with Crippen molar-refractivity contribution in [3.8, 4) is 0 Å². The Balaban J connectivity index is 2.52. The first-order chi connectivity index (χ1) is 9.10. The number of esters is 1. The lowest BCUT2D eigenvalue weighted by Gasteiger charge is -2.26. The number of hydrogen-bond acceptors (Lipinski definition) is 3. The molecule has 1 fully saturated rings. The van der Waals surface area contributed by atoms with E-state index in [1.807, 2.05) is 33.8 Å². The molecule has 0 heterocycles. The van der Waals surface area contributed by atoms with Gasteiger partial charge in [0.1, 0.15) is 5.60 Å². The van der Waals surface area contributed by atoms with Crippen molar-refractivity contribution in [2.75, 3.05) is 0 Å². The highest BCUT2D eigenvalue weighted by Crippen LogP contribution is 2.49. The van der Waals surface area contributed by atoms with Gasteiger partial charge in [-0.05, 0) is 31.6 Å². The lowest BCUT2D eigenvalue weighted by molar-refractivity contribution is -0.159. The highest BCUT2D eigenvalue weighted by Gasteiger charge is 2.53. The Labute approximate surface area is 121 Å². The molecule has 1 saturated carbocycles. The summed E-state index contributed by atoms with van der Waals surface area (Å²) in [4.78, 5) is 23.2. The molecule has 1 aliphatic rings. The molecule has 1 rings (SSSR count). The van der Waals surface area contributed by atoms with Gasteiger partial charge in [-0.1, -0.05) is 26.8 Å². The molecule has 0 aromatic heterocycles. The van der Waals surface area contributed by atoms with Crippen molar-refractivity contribution >= 4 is 11.9 Å². The van der Waals surface area contributed by atoms with Crippen molar-refractivity contribution < 1.29 is 19.4 Å². The van der Waals surface area contributed by atoms with E-state index in [0.717, 1.165) is 19.3 Å². The van der Waals surface area contributed by atoms with Gasteiger partial charge >= 0.3 is 11.9 Å². The third kappa shape index (κ3) is 4.36. The van der Waals surface area contributed by atoms with Crippen molar-refractivity contribution in [2.45, 2.75) is 59.0 Å². The number of ether oxygens (including phenoxy) is 1. The molecule has 0 aromatic carbocycles. The molecule has 0 radical (unpaired) electrons. The SMILES string of the molecule is C=CCC[C@H]1C[C@]1(C)OC(=O)C[C@H](C(=O)O)C(C)(C)C. The molecular formula is C16H26O4. The minimum absolute atomic E-state index is 0.0669. The van der Waals surface area contributed by atoms with E-state index < -0.39 is 28.9 Å². The van der Waals surface area contributed by atoms with E-state index in [1.165, 1.54) is 0 Å².